The summed E-state index contributed by atoms with van der Waals surface area (Å²) in [5.74, 6) is 1.52. The van der Waals surface area contributed by atoms with E-state index in [9.17, 15) is 0 Å². The number of halogens is 1. The summed E-state index contributed by atoms with van der Waals surface area (Å²) in [6.07, 6.45) is 3.82. The largest absolute Gasteiger partial charge is 0.477 e. The lowest BCUT2D eigenvalue weighted by Gasteiger charge is -2.25. The van der Waals surface area contributed by atoms with Crippen molar-refractivity contribution in [2.75, 3.05) is 12.3 Å². The van der Waals surface area contributed by atoms with Crippen LogP contribution < -0.4 is 10.5 Å². The first-order valence-electron chi connectivity index (χ1n) is 6.08. The first kappa shape index (κ1) is 11.7. The summed E-state index contributed by atoms with van der Waals surface area (Å²) in [6, 6.07) is 5.81. The SMILES string of the molecule is Nc1nc(OCC2CCC2)c2cc(Br)ccc2n1. The molecule has 0 radical (unpaired) electrons. The highest BCUT2D eigenvalue weighted by molar-refractivity contribution is 9.10. The van der Waals surface area contributed by atoms with E-state index in [-0.39, 0.29) is 5.95 Å². The molecule has 0 aliphatic heterocycles. The van der Waals surface area contributed by atoms with Gasteiger partial charge in [0.25, 0.3) is 0 Å². The Balaban J connectivity index is 1.94. The van der Waals surface area contributed by atoms with Gasteiger partial charge in [-0.15, -0.1) is 0 Å². The van der Waals surface area contributed by atoms with Gasteiger partial charge in [0.2, 0.25) is 11.8 Å². The van der Waals surface area contributed by atoms with Crippen molar-refractivity contribution >= 4 is 32.8 Å². The summed E-state index contributed by atoms with van der Waals surface area (Å²) in [6.45, 7) is 0.720. The number of nitrogens with two attached hydrogens (primary N) is 1. The van der Waals surface area contributed by atoms with Gasteiger partial charge in [0.15, 0.2) is 0 Å². The summed E-state index contributed by atoms with van der Waals surface area (Å²) < 4.78 is 6.79. The standard InChI is InChI=1S/C13H14BrN3O/c14-9-4-5-11-10(6-9)12(17-13(15)16-11)18-7-8-2-1-3-8/h4-6,8H,1-3,7H2,(H2,15,16,17). The topological polar surface area (TPSA) is 61.0 Å². The zero-order chi connectivity index (χ0) is 12.5. The van der Waals surface area contributed by atoms with E-state index < -0.39 is 0 Å². The molecule has 1 aromatic heterocycles. The van der Waals surface area contributed by atoms with E-state index in [0.717, 1.165) is 22.0 Å². The minimum Gasteiger partial charge on any atom is -0.477 e. The summed E-state index contributed by atoms with van der Waals surface area (Å²) in [7, 11) is 0. The second-order valence-electron chi connectivity index (χ2n) is 4.66. The number of rotatable bonds is 3. The fourth-order valence-electron chi connectivity index (χ4n) is 2.06. The average molecular weight is 308 g/mol. The monoisotopic (exact) mass is 307 g/mol. The van der Waals surface area contributed by atoms with Crippen molar-refractivity contribution in [3.63, 3.8) is 0 Å². The number of hydrogen-bond donors (Lipinski definition) is 1. The number of benzene rings is 1. The molecule has 4 nitrogen and oxygen atoms in total. The second-order valence-corrected chi connectivity index (χ2v) is 5.57. The molecular weight excluding hydrogens is 294 g/mol. The van der Waals surface area contributed by atoms with Gasteiger partial charge in [-0.2, -0.15) is 4.98 Å². The molecule has 0 unspecified atom stereocenters. The molecule has 1 saturated carbocycles. The summed E-state index contributed by atoms with van der Waals surface area (Å²) in [5.41, 5.74) is 6.52. The van der Waals surface area contributed by atoms with Crippen molar-refractivity contribution in [2.24, 2.45) is 5.92 Å². The fourth-order valence-corrected chi connectivity index (χ4v) is 2.42. The van der Waals surface area contributed by atoms with Crippen LogP contribution in [0.15, 0.2) is 22.7 Å². The molecule has 1 heterocycles. The van der Waals surface area contributed by atoms with Crippen molar-refractivity contribution in [2.45, 2.75) is 19.3 Å². The van der Waals surface area contributed by atoms with Gasteiger partial charge in [0.05, 0.1) is 17.5 Å². The maximum absolute atomic E-state index is 5.81. The van der Waals surface area contributed by atoms with E-state index >= 15 is 0 Å². The zero-order valence-electron chi connectivity index (χ0n) is 9.90. The molecule has 5 heteroatoms. The normalized spacial score (nSPS) is 15.6. The Morgan fingerprint density at radius 3 is 2.89 bits per heavy atom. The van der Waals surface area contributed by atoms with Gasteiger partial charge in [0, 0.05) is 4.47 Å². The lowest BCUT2D eigenvalue weighted by atomic mass is 9.86. The molecule has 0 saturated heterocycles. The van der Waals surface area contributed by atoms with Crippen LogP contribution in [0, 0.1) is 5.92 Å². The predicted octanol–water partition coefficient (Wildman–Crippen LogP) is 3.15. The second kappa shape index (κ2) is 4.72. The number of fused-ring (bicyclic) bond motifs is 1. The van der Waals surface area contributed by atoms with Crippen LogP contribution >= 0.6 is 15.9 Å². The first-order chi connectivity index (χ1) is 8.72. The van der Waals surface area contributed by atoms with Crippen LogP contribution in [-0.4, -0.2) is 16.6 Å². The Morgan fingerprint density at radius 1 is 1.33 bits per heavy atom. The van der Waals surface area contributed by atoms with Gasteiger partial charge in [-0.1, -0.05) is 22.4 Å². The fraction of sp³-hybridized carbons (Fsp3) is 0.385. The van der Waals surface area contributed by atoms with Crippen molar-refractivity contribution in [3.8, 4) is 5.88 Å². The molecule has 0 spiro atoms. The molecule has 2 N–H and O–H groups in total. The average Bonchev–Trinajstić information content (AvgIpc) is 2.27. The third-order valence-corrected chi connectivity index (χ3v) is 3.81. The first-order valence-corrected chi connectivity index (χ1v) is 6.87. The Kier molecular flexibility index (Phi) is 3.07. The van der Waals surface area contributed by atoms with E-state index in [2.05, 4.69) is 25.9 Å². The van der Waals surface area contributed by atoms with Crippen LogP contribution in [0.2, 0.25) is 0 Å². The maximum Gasteiger partial charge on any atom is 0.226 e. The molecule has 1 aliphatic carbocycles. The van der Waals surface area contributed by atoms with Gasteiger partial charge in [-0.25, -0.2) is 4.98 Å². The zero-order valence-corrected chi connectivity index (χ0v) is 11.5. The van der Waals surface area contributed by atoms with E-state index in [4.69, 9.17) is 10.5 Å². The molecular formula is C13H14BrN3O. The molecule has 0 amide bonds. The number of anilines is 1. The maximum atomic E-state index is 5.81. The van der Waals surface area contributed by atoms with Crippen LogP contribution in [0.25, 0.3) is 10.9 Å². The lowest BCUT2D eigenvalue weighted by Crippen LogP contribution is -2.19. The molecule has 2 aromatic rings. The molecule has 1 aliphatic rings. The number of nitrogen functional groups attached to an aromatic ring is 1. The van der Waals surface area contributed by atoms with Crippen molar-refractivity contribution < 1.29 is 4.74 Å². The smallest absolute Gasteiger partial charge is 0.226 e. The quantitative estimate of drug-likeness (QED) is 0.946. The number of ether oxygens (including phenoxy) is 1. The van der Waals surface area contributed by atoms with Crippen LogP contribution in [0.3, 0.4) is 0 Å². The van der Waals surface area contributed by atoms with E-state index in [1.807, 2.05) is 18.2 Å². The van der Waals surface area contributed by atoms with Gasteiger partial charge >= 0.3 is 0 Å². The molecule has 1 fully saturated rings. The van der Waals surface area contributed by atoms with E-state index in [0.29, 0.717) is 11.8 Å². The van der Waals surface area contributed by atoms with Crippen molar-refractivity contribution in [3.05, 3.63) is 22.7 Å². The molecule has 18 heavy (non-hydrogen) atoms. The highest BCUT2D eigenvalue weighted by Crippen LogP contribution is 2.30. The van der Waals surface area contributed by atoms with Crippen LogP contribution in [0.1, 0.15) is 19.3 Å². The summed E-state index contributed by atoms with van der Waals surface area (Å²) in [5, 5.41) is 0.901. The predicted molar refractivity (Wildman–Crippen MR) is 74.5 cm³/mol. The summed E-state index contributed by atoms with van der Waals surface area (Å²) in [4.78, 5) is 8.40. The third-order valence-electron chi connectivity index (χ3n) is 3.32. The highest BCUT2D eigenvalue weighted by Gasteiger charge is 2.19. The van der Waals surface area contributed by atoms with Gasteiger partial charge in [-0.3, -0.25) is 0 Å². The van der Waals surface area contributed by atoms with Crippen LogP contribution in [0.4, 0.5) is 5.95 Å². The molecule has 94 valence electrons. The van der Waals surface area contributed by atoms with Crippen molar-refractivity contribution in [1.29, 1.82) is 0 Å². The Hall–Kier alpha value is -1.36. The lowest BCUT2D eigenvalue weighted by molar-refractivity contribution is 0.177. The Bertz CT molecular complexity index is 584. The number of hydrogen-bond acceptors (Lipinski definition) is 4. The van der Waals surface area contributed by atoms with Gasteiger partial charge < -0.3 is 10.5 Å². The minimum atomic E-state index is 0.258. The molecule has 3 rings (SSSR count). The van der Waals surface area contributed by atoms with Crippen LogP contribution in [-0.2, 0) is 0 Å². The van der Waals surface area contributed by atoms with E-state index in [1.165, 1.54) is 19.3 Å². The van der Waals surface area contributed by atoms with Crippen molar-refractivity contribution in [1.82, 2.24) is 9.97 Å². The Morgan fingerprint density at radius 2 is 2.17 bits per heavy atom. The highest BCUT2D eigenvalue weighted by atomic mass is 79.9. The minimum absolute atomic E-state index is 0.258. The van der Waals surface area contributed by atoms with Gasteiger partial charge in [-0.05, 0) is 37.0 Å². The summed E-state index contributed by atoms with van der Waals surface area (Å²) >= 11 is 3.45. The van der Waals surface area contributed by atoms with Gasteiger partial charge in [0.1, 0.15) is 0 Å². The third kappa shape index (κ3) is 2.27. The molecule has 0 atom stereocenters. The number of aromatic nitrogens is 2. The molecule has 0 bridgehead atoms. The number of nitrogens with zero attached hydrogens (tertiary/aromatic N) is 2. The molecule has 1 aromatic carbocycles. The van der Waals surface area contributed by atoms with E-state index in [1.54, 1.807) is 0 Å². The Labute approximate surface area is 114 Å². The van der Waals surface area contributed by atoms with Crippen LogP contribution in [0.5, 0.6) is 5.88 Å².